The van der Waals surface area contributed by atoms with Gasteiger partial charge < -0.3 is 10.3 Å². The first-order chi connectivity index (χ1) is 19.1. The molecule has 0 atom stereocenters. The fourth-order valence-electron chi connectivity index (χ4n) is 4.92. The molecule has 0 aliphatic heterocycles. The van der Waals surface area contributed by atoms with Crippen LogP contribution in [0.2, 0.25) is 0 Å². The van der Waals surface area contributed by atoms with E-state index in [0.29, 0.717) is 17.3 Å². The normalized spacial score (nSPS) is 12.4. The molecule has 196 valence electrons. The Morgan fingerprint density at radius 1 is 1.05 bits per heavy atom. The first-order valence-corrected chi connectivity index (χ1v) is 12.7. The fraction of sp³-hybridized carbons (Fsp3) is 0.214. The Morgan fingerprint density at radius 3 is 2.69 bits per heavy atom. The predicted molar refractivity (Wildman–Crippen MR) is 146 cm³/mol. The highest BCUT2D eigenvalue weighted by Gasteiger charge is 2.21. The minimum Gasteiger partial charge on any atom is -0.345 e. The molecule has 3 heterocycles. The van der Waals surface area contributed by atoms with Gasteiger partial charge >= 0.3 is 0 Å². The van der Waals surface area contributed by atoms with Gasteiger partial charge in [-0.05, 0) is 60.6 Å². The van der Waals surface area contributed by atoms with Crippen molar-refractivity contribution >= 4 is 28.6 Å². The number of carbonyl (C=O) groups is 1. The van der Waals surface area contributed by atoms with Gasteiger partial charge in [0, 0.05) is 23.9 Å². The van der Waals surface area contributed by atoms with Crippen molar-refractivity contribution in [2.75, 3.05) is 12.4 Å². The van der Waals surface area contributed by atoms with Crippen LogP contribution in [0.4, 0.5) is 11.6 Å². The van der Waals surface area contributed by atoms with E-state index in [1.807, 2.05) is 30.3 Å². The van der Waals surface area contributed by atoms with Crippen molar-refractivity contribution < 1.29 is 9.63 Å². The van der Waals surface area contributed by atoms with Crippen LogP contribution in [0.25, 0.3) is 22.3 Å². The number of anilines is 2. The van der Waals surface area contributed by atoms with Crippen LogP contribution >= 0.6 is 0 Å². The van der Waals surface area contributed by atoms with Gasteiger partial charge in [-0.25, -0.2) is 15.4 Å². The lowest BCUT2D eigenvalue weighted by atomic mass is 10.0. The number of hydrogen-bond donors (Lipinski definition) is 4. The van der Waals surface area contributed by atoms with Crippen molar-refractivity contribution in [1.29, 1.82) is 0 Å². The molecule has 39 heavy (non-hydrogen) atoms. The molecule has 11 heteroatoms. The van der Waals surface area contributed by atoms with Crippen molar-refractivity contribution in [3.8, 4) is 11.3 Å². The van der Waals surface area contributed by atoms with Gasteiger partial charge in [0.1, 0.15) is 23.4 Å². The highest BCUT2D eigenvalue weighted by molar-refractivity contribution is 5.99. The molecule has 5 aromatic rings. The maximum Gasteiger partial charge on any atom is 0.280 e. The first kappa shape index (κ1) is 24.4. The molecule has 0 fully saturated rings. The average Bonchev–Trinajstić information content (AvgIpc) is 3.64. The molecule has 1 amide bonds. The van der Waals surface area contributed by atoms with Gasteiger partial charge in [-0.2, -0.15) is 10.1 Å². The Labute approximate surface area is 223 Å². The van der Waals surface area contributed by atoms with E-state index in [1.165, 1.54) is 30.8 Å². The molecule has 3 aromatic heterocycles. The number of H-pyrrole nitrogens is 2. The summed E-state index contributed by atoms with van der Waals surface area (Å²) in [5, 5.41) is 10.3. The monoisotopic (exact) mass is 522 g/mol. The molecule has 11 nitrogen and oxygen atoms in total. The lowest BCUT2D eigenvalue weighted by molar-refractivity contribution is 0.0536. The Bertz CT molecular complexity index is 1710. The number of fused-ring (bicyclic) bond motifs is 2. The predicted octanol–water partition coefficient (Wildman–Crippen LogP) is 3.41. The number of amides is 1. The quantitative estimate of drug-likeness (QED) is 0.226. The van der Waals surface area contributed by atoms with Gasteiger partial charge in [-0.1, -0.05) is 24.3 Å². The molecular formula is C28H26N8O3. The van der Waals surface area contributed by atoms with Crippen molar-refractivity contribution in [3.63, 3.8) is 0 Å². The summed E-state index contributed by atoms with van der Waals surface area (Å²) in [4.78, 5) is 47.1. The van der Waals surface area contributed by atoms with Crippen LogP contribution in [0, 0.1) is 0 Å². The number of aromatic amines is 2. The number of nitrogens with one attached hydrogen (secondary N) is 4. The van der Waals surface area contributed by atoms with Crippen LogP contribution in [0.15, 0.2) is 59.8 Å². The summed E-state index contributed by atoms with van der Waals surface area (Å²) in [6, 6.07) is 14.1. The van der Waals surface area contributed by atoms with Gasteiger partial charge in [0.05, 0.1) is 18.2 Å². The zero-order chi connectivity index (χ0) is 26.8. The van der Waals surface area contributed by atoms with Crippen LogP contribution in [0.3, 0.4) is 0 Å². The lowest BCUT2D eigenvalue weighted by Gasteiger charge is -2.12. The summed E-state index contributed by atoms with van der Waals surface area (Å²) in [7, 11) is 1.31. The van der Waals surface area contributed by atoms with E-state index in [0.717, 1.165) is 54.7 Å². The van der Waals surface area contributed by atoms with Gasteiger partial charge in [0.15, 0.2) is 0 Å². The van der Waals surface area contributed by atoms with E-state index in [-0.39, 0.29) is 10.9 Å². The highest BCUT2D eigenvalue weighted by Crippen LogP contribution is 2.31. The zero-order valence-electron chi connectivity index (χ0n) is 21.2. The number of aryl methyl sites for hydroxylation is 4. The van der Waals surface area contributed by atoms with E-state index in [9.17, 15) is 9.59 Å². The second-order valence-corrected chi connectivity index (χ2v) is 9.38. The third-order valence-corrected chi connectivity index (χ3v) is 6.87. The third kappa shape index (κ3) is 4.99. The number of carbonyl (C=O) groups excluding carboxylic acids is 1. The Hall–Kier alpha value is -4.90. The van der Waals surface area contributed by atoms with E-state index in [2.05, 4.69) is 48.1 Å². The summed E-state index contributed by atoms with van der Waals surface area (Å²) in [5.41, 5.74) is 7.73. The summed E-state index contributed by atoms with van der Waals surface area (Å²) in [6.45, 7) is 0. The summed E-state index contributed by atoms with van der Waals surface area (Å²) >= 11 is 0. The van der Waals surface area contributed by atoms with Gasteiger partial charge in [-0.3, -0.25) is 19.5 Å². The Balaban J connectivity index is 1.37. The minimum atomic E-state index is -0.647. The van der Waals surface area contributed by atoms with E-state index in [1.54, 1.807) is 0 Å². The van der Waals surface area contributed by atoms with E-state index >= 15 is 0 Å². The molecule has 4 N–H and O–H groups in total. The summed E-state index contributed by atoms with van der Waals surface area (Å²) < 4.78 is 0. The fourth-order valence-corrected chi connectivity index (χ4v) is 4.92. The number of rotatable bonds is 8. The van der Waals surface area contributed by atoms with Crippen molar-refractivity contribution in [2.24, 2.45) is 0 Å². The standard InChI is InChI=1S/C28H26N8O3/c1-39-36-27(38)21-14-29-26-23(25(21)37)24(19-9-8-17-3-2-4-18(17)13-19)33-28(34-26)32-20-10-5-16(6-11-20)7-12-22-30-15-31-35-22/h5-6,8-11,13-15H,2-4,7,12H2,1H3,(H,36,38)(H,30,31,35)(H2,29,32,33,34,37). The number of pyridine rings is 1. The molecular weight excluding hydrogens is 496 g/mol. The third-order valence-electron chi connectivity index (χ3n) is 6.87. The summed E-state index contributed by atoms with van der Waals surface area (Å²) in [5.74, 6) is 0.529. The number of hydroxylamine groups is 1. The first-order valence-electron chi connectivity index (χ1n) is 12.7. The molecule has 0 radical (unpaired) electrons. The maximum atomic E-state index is 13.5. The summed E-state index contributed by atoms with van der Waals surface area (Å²) in [6.07, 6.45) is 7.57. The topological polar surface area (TPSA) is 151 Å². The largest absolute Gasteiger partial charge is 0.345 e. The van der Waals surface area contributed by atoms with E-state index < -0.39 is 11.3 Å². The maximum absolute atomic E-state index is 13.5. The van der Waals surface area contributed by atoms with Crippen molar-refractivity contribution in [3.05, 3.63) is 93.3 Å². The highest BCUT2D eigenvalue weighted by atomic mass is 16.6. The molecule has 0 spiro atoms. The van der Waals surface area contributed by atoms with Crippen LogP contribution in [0.5, 0.6) is 0 Å². The van der Waals surface area contributed by atoms with Crippen molar-refractivity contribution in [1.82, 2.24) is 35.6 Å². The molecule has 0 saturated carbocycles. The van der Waals surface area contributed by atoms with Gasteiger partial charge in [-0.15, -0.1) is 0 Å². The number of hydrogen-bond acceptors (Lipinski definition) is 8. The second-order valence-electron chi connectivity index (χ2n) is 9.38. The molecule has 1 aliphatic carbocycles. The molecule has 1 aliphatic rings. The number of benzene rings is 2. The molecule has 6 rings (SSSR count). The van der Waals surface area contributed by atoms with E-state index in [4.69, 9.17) is 9.82 Å². The zero-order valence-corrected chi connectivity index (χ0v) is 21.2. The SMILES string of the molecule is CONC(=O)c1c[nH]c2nc(Nc3ccc(CCc4ncn[nH]4)cc3)nc(-c3ccc4c(c3)CCC4)c2c1=O. The number of aromatic nitrogens is 6. The molecule has 0 bridgehead atoms. The molecule has 2 aromatic carbocycles. The van der Waals surface area contributed by atoms with Crippen LogP contribution in [-0.2, 0) is 30.5 Å². The molecule has 0 unspecified atom stereocenters. The van der Waals surface area contributed by atoms with Crippen LogP contribution < -0.4 is 16.2 Å². The lowest BCUT2D eigenvalue weighted by Crippen LogP contribution is -2.28. The van der Waals surface area contributed by atoms with Crippen LogP contribution in [0.1, 0.15) is 39.3 Å². The van der Waals surface area contributed by atoms with Crippen molar-refractivity contribution in [2.45, 2.75) is 32.1 Å². The van der Waals surface area contributed by atoms with Gasteiger partial charge in [0.25, 0.3) is 5.91 Å². The Morgan fingerprint density at radius 2 is 1.90 bits per heavy atom. The smallest absolute Gasteiger partial charge is 0.280 e. The average molecular weight is 523 g/mol. The molecule has 0 saturated heterocycles. The van der Waals surface area contributed by atoms with Crippen LogP contribution in [-0.4, -0.2) is 43.2 Å². The Kier molecular flexibility index (Phi) is 6.55. The number of nitrogens with zero attached hydrogens (tertiary/aromatic N) is 4. The van der Waals surface area contributed by atoms with Gasteiger partial charge in [0.2, 0.25) is 11.4 Å². The second kappa shape index (κ2) is 10.5. The minimum absolute atomic E-state index is 0.0861.